The number of aromatic nitrogens is 3. The molecule has 5 rings (SSSR count). The molecule has 192 valence electrons. The van der Waals surface area contributed by atoms with Crippen LogP contribution >= 0.6 is 0 Å². The third-order valence-corrected chi connectivity index (χ3v) is 6.18. The molecule has 0 aliphatic heterocycles. The fourth-order valence-corrected chi connectivity index (χ4v) is 4.26. The summed E-state index contributed by atoms with van der Waals surface area (Å²) < 4.78 is 29.8. The minimum Gasteiger partial charge on any atom is -0.496 e. The Morgan fingerprint density at radius 3 is 2.26 bits per heavy atom. The van der Waals surface area contributed by atoms with Crippen molar-refractivity contribution < 1.29 is 23.4 Å². The molecule has 0 radical (unpaired) electrons. The highest BCUT2D eigenvalue weighted by Crippen LogP contribution is 2.41. The van der Waals surface area contributed by atoms with E-state index in [1.807, 2.05) is 30.3 Å². The van der Waals surface area contributed by atoms with Crippen LogP contribution < -0.4 is 19.5 Å². The topological polar surface area (TPSA) is 98.4 Å². The van der Waals surface area contributed by atoms with Crippen molar-refractivity contribution in [3.63, 3.8) is 0 Å². The summed E-state index contributed by atoms with van der Waals surface area (Å²) in [7, 11) is 4.63. The lowest BCUT2D eigenvalue weighted by molar-refractivity contribution is 0.0952. The van der Waals surface area contributed by atoms with Gasteiger partial charge in [-0.05, 0) is 29.8 Å². The predicted octanol–water partition coefficient (Wildman–Crippen LogP) is 5.39. The first-order valence-corrected chi connectivity index (χ1v) is 11.8. The molecule has 0 fully saturated rings. The summed E-state index contributed by atoms with van der Waals surface area (Å²) in [4.78, 5) is 18.4. The number of ether oxygens (including phenoxy) is 3. The highest BCUT2D eigenvalue weighted by molar-refractivity contribution is 6.11. The first-order chi connectivity index (χ1) is 18.5. The fourth-order valence-electron chi connectivity index (χ4n) is 4.26. The Balaban J connectivity index is 1.65. The number of fused-ring (bicyclic) bond motifs is 1. The third kappa shape index (κ3) is 4.73. The van der Waals surface area contributed by atoms with Crippen LogP contribution in [0.2, 0.25) is 0 Å². The molecule has 2 N–H and O–H groups in total. The van der Waals surface area contributed by atoms with E-state index in [1.165, 1.54) is 12.1 Å². The maximum absolute atomic E-state index is 13.6. The van der Waals surface area contributed by atoms with Crippen LogP contribution in [0.3, 0.4) is 0 Å². The van der Waals surface area contributed by atoms with Gasteiger partial charge in [-0.2, -0.15) is 5.10 Å². The van der Waals surface area contributed by atoms with Crippen LogP contribution in [0.1, 0.15) is 15.9 Å². The molecule has 0 saturated carbocycles. The quantitative estimate of drug-likeness (QED) is 0.289. The van der Waals surface area contributed by atoms with Gasteiger partial charge in [0.25, 0.3) is 5.91 Å². The number of carbonyl (C=O) groups is 1. The van der Waals surface area contributed by atoms with E-state index in [1.54, 1.807) is 51.7 Å². The van der Waals surface area contributed by atoms with E-state index in [0.717, 1.165) is 11.1 Å². The molecule has 2 aromatic heterocycles. The molecule has 0 aliphatic rings. The number of benzene rings is 3. The van der Waals surface area contributed by atoms with Gasteiger partial charge in [-0.15, -0.1) is 0 Å². The number of halogens is 1. The van der Waals surface area contributed by atoms with E-state index in [9.17, 15) is 9.18 Å². The number of amides is 1. The maximum Gasteiger partial charge on any atom is 0.252 e. The summed E-state index contributed by atoms with van der Waals surface area (Å²) in [5.41, 5.74) is 4.10. The minimum absolute atomic E-state index is 0.219. The second-order valence-electron chi connectivity index (χ2n) is 8.43. The van der Waals surface area contributed by atoms with Crippen LogP contribution in [-0.4, -0.2) is 42.4 Å². The van der Waals surface area contributed by atoms with Crippen LogP contribution in [0, 0.1) is 5.82 Å². The second-order valence-corrected chi connectivity index (χ2v) is 8.43. The Labute approximate surface area is 218 Å². The molecule has 9 heteroatoms. The van der Waals surface area contributed by atoms with E-state index < -0.39 is 0 Å². The van der Waals surface area contributed by atoms with Gasteiger partial charge in [0.05, 0.1) is 43.7 Å². The highest BCUT2D eigenvalue weighted by Gasteiger charge is 2.22. The zero-order valence-electron chi connectivity index (χ0n) is 21.0. The summed E-state index contributed by atoms with van der Waals surface area (Å²) in [6.07, 6.45) is 0. The molecule has 0 atom stereocenters. The number of nitrogens with zero attached hydrogens (tertiary/aromatic N) is 2. The smallest absolute Gasteiger partial charge is 0.252 e. The Morgan fingerprint density at radius 1 is 0.895 bits per heavy atom. The van der Waals surface area contributed by atoms with E-state index in [2.05, 4.69) is 15.5 Å². The number of carbonyl (C=O) groups excluding carboxylic acids is 1. The number of nitrogens with one attached hydrogen (secondary N) is 2. The van der Waals surface area contributed by atoms with Crippen LogP contribution in [0.4, 0.5) is 4.39 Å². The lowest BCUT2D eigenvalue weighted by atomic mass is 10.0. The van der Waals surface area contributed by atoms with Crippen molar-refractivity contribution in [1.82, 2.24) is 20.5 Å². The van der Waals surface area contributed by atoms with Crippen molar-refractivity contribution in [3.8, 4) is 39.8 Å². The summed E-state index contributed by atoms with van der Waals surface area (Å²) in [6.45, 7) is 0.219. The third-order valence-electron chi connectivity index (χ3n) is 6.18. The van der Waals surface area contributed by atoms with E-state index in [0.29, 0.717) is 50.8 Å². The summed E-state index contributed by atoms with van der Waals surface area (Å²) in [6, 6.07) is 20.7. The number of aromatic amines is 1. The average Bonchev–Trinajstić information content (AvgIpc) is 3.40. The van der Waals surface area contributed by atoms with Crippen molar-refractivity contribution in [3.05, 3.63) is 89.7 Å². The normalized spacial score (nSPS) is 10.8. The van der Waals surface area contributed by atoms with Gasteiger partial charge < -0.3 is 19.5 Å². The average molecular weight is 513 g/mol. The standard InChI is InChI=1S/C29H25FN4O4/c1-36-23-15-25(38-3)24(37-2)14-20(23)22-13-21(29(35)31-16-17-9-11-19(30)12-10-17)26-27(33-34-28(26)32-22)18-7-5-4-6-8-18/h4-15H,16H2,1-3H3,(H,31,35)(H,32,33,34). The number of rotatable bonds is 8. The van der Waals surface area contributed by atoms with Gasteiger partial charge in [-0.3, -0.25) is 9.89 Å². The molecule has 2 heterocycles. The number of pyridine rings is 1. The molecule has 8 nitrogen and oxygen atoms in total. The summed E-state index contributed by atoms with van der Waals surface area (Å²) >= 11 is 0. The van der Waals surface area contributed by atoms with Gasteiger partial charge in [0.15, 0.2) is 17.1 Å². The summed E-state index contributed by atoms with van der Waals surface area (Å²) in [5.74, 6) is 0.805. The first-order valence-electron chi connectivity index (χ1n) is 11.8. The molecule has 0 bridgehead atoms. The van der Waals surface area contributed by atoms with E-state index in [4.69, 9.17) is 19.2 Å². The van der Waals surface area contributed by atoms with Crippen molar-refractivity contribution in [2.24, 2.45) is 0 Å². The monoisotopic (exact) mass is 512 g/mol. The summed E-state index contributed by atoms with van der Waals surface area (Å²) in [5, 5.41) is 11.0. The highest BCUT2D eigenvalue weighted by atomic mass is 19.1. The number of H-pyrrole nitrogens is 1. The molecular formula is C29H25FN4O4. The molecule has 38 heavy (non-hydrogen) atoms. The predicted molar refractivity (Wildman–Crippen MR) is 142 cm³/mol. The second kappa shape index (κ2) is 10.6. The van der Waals surface area contributed by atoms with Gasteiger partial charge in [-0.1, -0.05) is 42.5 Å². The zero-order chi connectivity index (χ0) is 26.6. The van der Waals surface area contributed by atoms with Crippen molar-refractivity contribution in [1.29, 1.82) is 0 Å². The van der Waals surface area contributed by atoms with Gasteiger partial charge in [0, 0.05) is 23.7 Å². The van der Waals surface area contributed by atoms with Crippen LogP contribution in [-0.2, 0) is 6.54 Å². The largest absolute Gasteiger partial charge is 0.496 e. The minimum atomic E-state index is -0.338. The SMILES string of the molecule is COc1cc(OC)c(-c2cc(C(=O)NCc3ccc(F)cc3)c3c(-c4ccccc4)[nH]nc3n2)cc1OC. The van der Waals surface area contributed by atoms with Gasteiger partial charge in [0.2, 0.25) is 0 Å². The maximum atomic E-state index is 13.6. The van der Waals surface area contributed by atoms with Gasteiger partial charge in [0.1, 0.15) is 11.6 Å². The molecule has 1 amide bonds. The molecule has 0 saturated heterocycles. The van der Waals surface area contributed by atoms with Crippen LogP contribution in [0.5, 0.6) is 17.2 Å². The lowest BCUT2D eigenvalue weighted by Crippen LogP contribution is -2.23. The van der Waals surface area contributed by atoms with Crippen LogP contribution in [0.25, 0.3) is 33.5 Å². The van der Waals surface area contributed by atoms with E-state index >= 15 is 0 Å². The number of methoxy groups -OCH3 is 3. The number of hydrogen-bond acceptors (Lipinski definition) is 6. The van der Waals surface area contributed by atoms with Crippen molar-refractivity contribution in [2.45, 2.75) is 6.54 Å². The Kier molecular flexibility index (Phi) is 6.90. The van der Waals surface area contributed by atoms with Gasteiger partial charge >= 0.3 is 0 Å². The van der Waals surface area contributed by atoms with Crippen molar-refractivity contribution in [2.75, 3.05) is 21.3 Å². The molecule has 5 aromatic rings. The molecular weight excluding hydrogens is 487 g/mol. The van der Waals surface area contributed by atoms with Crippen molar-refractivity contribution >= 4 is 16.9 Å². The van der Waals surface area contributed by atoms with E-state index in [-0.39, 0.29) is 18.3 Å². The molecule has 0 spiro atoms. The first kappa shape index (κ1) is 24.8. The Bertz CT molecular complexity index is 1600. The lowest BCUT2D eigenvalue weighted by Gasteiger charge is -2.15. The van der Waals surface area contributed by atoms with Crippen LogP contribution in [0.15, 0.2) is 72.8 Å². The number of hydrogen-bond donors (Lipinski definition) is 2. The Hall–Kier alpha value is -4.92. The molecule has 3 aromatic carbocycles. The fraction of sp³-hybridized carbons (Fsp3) is 0.138. The van der Waals surface area contributed by atoms with Gasteiger partial charge in [-0.25, -0.2) is 9.37 Å². The molecule has 0 unspecified atom stereocenters. The Morgan fingerprint density at radius 2 is 1.58 bits per heavy atom. The molecule has 0 aliphatic carbocycles. The zero-order valence-corrected chi connectivity index (χ0v) is 21.0.